The number of anilines is 1. The maximum absolute atomic E-state index is 6.01. The fraction of sp³-hybridized carbons (Fsp3) is 0.263. The molecule has 4 rings (SSSR count). The monoisotopic (exact) mass is 291 g/mol. The zero-order valence-electron chi connectivity index (χ0n) is 12.6. The van der Waals surface area contributed by atoms with Crippen molar-refractivity contribution < 1.29 is 0 Å². The molecule has 0 saturated carbocycles. The average molecular weight is 291 g/mol. The molecule has 1 fully saturated rings. The average Bonchev–Trinajstić information content (AvgIpc) is 3.00. The third kappa shape index (κ3) is 2.48. The van der Waals surface area contributed by atoms with E-state index in [4.69, 9.17) is 5.73 Å². The van der Waals surface area contributed by atoms with Crippen molar-refractivity contribution in [1.29, 1.82) is 0 Å². The topological polar surface area (TPSA) is 45.0 Å². The molecule has 0 unspecified atom stereocenters. The van der Waals surface area contributed by atoms with Gasteiger partial charge in [0, 0.05) is 41.4 Å². The van der Waals surface area contributed by atoms with Gasteiger partial charge in [-0.2, -0.15) is 0 Å². The van der Waals surface area contributed by atoms with Gasteiger partial charge in [-0.25, -0.2) is 0 Å². The number of fused-ring (bicyclic) bond motifs is 1. The third-order valence-electron chi connectivity index (χ3n) is 4.59. The molecule has 1 aliphatic rings. The molecule has 3 nitrogen and oxygen atoms in total. The van der Waals surface area contributed by atoms with E-state index in [0.717, 1.165) is 25.9 Å². The lowest BCUT2D eigenvalue weighted by Crippen LogP contribution is -2.39. The quantitative estimate of drug-likeness (QED) is 0.755. The number of piperidine rings is 1. The Morgan fingerprint density at radius 1 is 0.955 bits per heavy atom. The highest BCUT2D eigenvalue weighted by Crippen LogP contribution is 2.28. The molecule has 0 aliphatic carbocycles. The summed E-state index contributed by atoms with van der Waals surface area (Å²) < 4.78 is 0. The molecule has 2 heterocycles. The highest BCUT2D eigenvalue weighted by molar-refractivity contribution is 5.86. The first kappa shape index (κ1) is 13.4. The van der Waals surface area contributed by atoms with Gasteiger partial charge in [-0.15, -0.1) is 0 Å². The first-order valence-electron chi connectivity index (χ1n) is 7.98. The Morgan fingerprint density at radius 3 is 2.59 bits per heavy atom. The van der Waals surface area contributed by atoms with E-state index in [9.17, 15) is 0 Å². The molecule has 1 aromatic heterocycles. The van der Waals surface area contributed by atoms with Gasteiger partial charge in [-0.3, -0.25) is 0 Å². The minimum absolute atomic E-state index is 0.369. The molecule has 3 aromatic rings. The number of nitrogens with zero attached hydrogens (tertiary/aromatic N) is 1. The third-order valence-corrected chi connectivity index (χ3v) is 4.59. The second-order valence-electron chi connectivity index (χ2n) is 6.15. The summed E-state index contributed by atoms with van der Waals surface area (Å²) in [5.41, 5.74) is 10.9. The van der Waals surface area contributed by atoms with Crippen molar-refractivity contribution in [2.45, 2.75) is 18.9 Å². The Labute approximate surface area is 130 Å². The molecule has 0 bridgehead atoms. The van der Waals surface area contributed by atoms with Gasteiger partial charge in [-0.1, -0.05) is 30.3 Å². The van der Waals surface area contributed by atoms with Crippen molar-refractivity contribution in [3.05, 3.63) is 54.6 Å². The van der Waals surface area contributed by atoms with Gasteiger partial charge in [0.15, 0.2) is 0 Å². The molecule has 22 heavy (non-hydrogen) atoms. The molecule has 1 saturated heterocycles. The van der Waals surface area contributed by atoms with Crippen molar-refractivity contribution >= 4 is 16.6 Å². The Hall–Kier alpha value is -2.26. The van der Waals surface area contributed by atoms with Crippen molar-refractivity contribution in [3.8, 4) is 11.3 Å². The molecule has 3 N–H and O–H groups in total. The standard InChI is InChI=1S/C19H21N3/c20-16-8-10-22(11-9-16)17-6-3-5-14(12-17)19-13-15-4-1-2-7-18(15)21-19/h1-7,12-13,16,21H,8-11,20H2. The fourth-order valence-corrected chi connectivity index (χ4v) is 3.26. The molecule has 0 radical (unpaired) electrons. The van der Waals surface area contributed by atoms with Gasteiger partial charge in [0.2, 0.25) is 0 Å². The van der Waals surface area contributed by atoms with Crippen LogP contribution in [-0.4, -0.2) is 24.1 Å². The molecule has 112 valence electrons. The Bertz CT molecular complexity index is 749. The van der Waals surface area contributed by atoms with Crippen LogP contribution in [0.15, 0.2) is 54.6 Å². The summed E-state index contributed by atoms with van der Waals surface area (Å²) >= 11 is 0. The second-order valence-corrected chi connectivity index (χ2v) is 6.15. The number of H-pyrrole nitrogens is 1. The van der Waals surface area contributed by atoms with E-state index in [1.165, 1.54) is 27.8 Å². The van der Waals surface area contributed by atoms with Crippen LogP contribution in [0.1, 0.15) is 12.8 Å². The molecular weight excluding hydrogens is 270 g/mol. The number of rotatable bonds is 2. The van der Waals surface area contributed by atoms with E-state index in [1.807, 2.05) is 0 Å². The zero-order valence-corrected chi connectivity index (χ0v) is 12.6. The summed E-state index contributed by atoms with van der Waals surface area (Å²) in [6.07, 6.45) is 2.16. The van der Waals surface area contributed by atoms with Crippen LogP contribution in [0.4, 0.5) is 5.69 Å². The van der Waals surface area contributed by atoms with E-state index >= 15 is 0 Å². The van der Waals surface area contributed by atoms with Gasteiger partial charge >= 0.3 is 0 Å². The van der Waals surface area contributed by atoms with Gasteiger partial charge in [0.25, 0.3) is 0 Å². The lowest BCUT2D eigenvalue weighted by molar-refractivity contribution is 0.501. The minimum atomic E-state index is 0.369. The van der Waals surface area contributed by atoms with E-state index in [-0.39, 0.29) is 0 Å². The minimum Gasteiger partial charge on any atom is -0.371 e. The summed E-state index contributed by atoms with van der Waals surface area (Å²) in [6.45, 7) is 2.11. The van der Waals surface area contributed by atoms with Gasteiger partial charge in [-0.05, 0) is 42.7 Å². The largest absolute Gasteiger partial charge is 0.371 e. The molecule has 0 amide bonds. The van der Waals surface area contributed by atoms with Gasteiger partial charge in [0.05, 0.1) is 0 Å². The lowest BCUT2D eigenvalue weighted by Gasteiger charge is -2.32. The van der Waals surface area contributed by atoms with Crippen molar-refractivity contribution in [3.63, 3.8) is 0 Å². The number of para-hydroxylation sites is 1. The number of aromatic amines is 1. The SMILES string of the molecule is NC1CCN(c2cccc(-c3cc4ccccc4[nH]3)c2)CC1. The molecule has 3 heteroatoms. The number of hydrogen-bond donors (Lipinski definition) is 2. The molecular formula is C19H21N3. The van der Waals surface area contributed by atoms with Crippen LogP contribution in [0, 0.1) is 0 Å². The smallest absolute Gasteiger partial charge is 0.0465 e. The Kier molecular flexibility index (Phi) is 3.35. The van der Waals surface area contributed by atoms with E-state index in [0.29, 0.717) is 6.04 Å². The van der Waals surface area contributed by atoms with E-state index in [1.54, 1.807) is 0 Å². The maximum Gasteiger partial charge on any atom is 0.0465 e. The maximum atomic E-state index is 6.01. The van der Waals surface area contributed by atoms with Crippen molar-refractivity contribution in [2.75, 3.05) is 18.0 Å². The van der Waals surface area contributed by atoms with Crippen LogP contribution < -0.4 is 10.6 Å². The summed E-state index contributed by atoms with van der Waals surface area (Å²) in [6, 6.07) is 19.8. The fourth-order valence-electron chi connectivity index (χ4n) is 3.26. The summed E-state index contributed by atoms with van der Waals surface area (Å²) in [5, 5.41) is 1.26. The molecule has 2 aromatic carbocycles. The first-order valence-corrected chi connectivity index (χ1v) is 7.98. The van der Waals surface area contributed by atoms with Crippen LogP contribution in [0.2, 0.25) is 0 Å². The molecule has 0 atom stereocenters. The number of nitrogens with one attached hydrogen (secondary N) is 1. The number of hydrogen-bond acceptors (Lipinski definition) is 2. The van der Waals surface area contributed by atoms with Crippen LogP contribution in [0.5, 0.6) is 0 Å². The van der Waals surface area contributed by atoms with Crippen LogP contribution in [0.3, 0.4) is 0 Å². The van der Waals surface area contributed by atoms with Gasteiger partial charge < -0.3 is 15.6 Å². The van der Waals surface area contributed by atoms with Crippen LogP contribution in [0.25, 0.3) is 22.2 Å². The second kappa shape index (κ2) is 5.50. The summed E-state index contributed by atoms with van der Waals surface area (Å²) in [5.74, 6) is 0. The van der Waals surface area contributed by atoms with Gasteiger partial charge in [0.1, 0.15) is 0 Å². The highest BCUT2D eigenvalue weighted by Gasteiger charge is 2.16. The first-order chi connectivity index (χ1) is 10.8. The predicted octanol–water partition coefficient (Wildman–Crippen LogP) is 3.76. The Morgan fingerprint density at radius 2 is 1.77 bits per heavy atom. The zero-order chi connectivity index (χ0) is 14.9. The summed E-state index contributed by atoms with van der Waals surface area (Å²) in [7, 11) is 0. The predicted molar refractivity (Wildman–Crippen MR) is 93.2 cm³/mol. The number of benzene rings is 2. The van der Waals surface area contributed by atoms with Crippen molar-refractivity contribution in [1.82, 2.24) is 4.98 Å². The highest BCUT2D eigenvalue weighted by atomic mass is 15.1. The molecule has 1 aliphatic heterocycles. The van der Waals surface area contributed by atoms with Crippen LogP contribution in [-0.2, 0) is 0 Å². The Balaban J connectivity index is 1.66. The molecule has 0 spiro atoms. The number of aromatic nitrogens is 1. The summed E-state index contributed by atoms with van der Waals surface area (Å²) in [4.78, 5) is 5.95. The van der Waals surface area contributed by atoms with E-state index < -0.39 is 0 Å². The van der Waals surface area contributed by atoms with Crippen LogP contribution >= 0.6 is 0 Å². The lowest BCUT2D eigenvalue weighted by atomic mass is 10.0. The van der Waals surface area contributed by atoms with E-state index in [2.05, 4.69) is 64.5 Å². The number of nitrogens with two attached hydrogens (primary N) is 1. The van der Waals surface area contributed by atoms with Crippen molar-refractivity contribution in [2.24, 2.45) is 5.73 Å². The normalized spacial score (nSPS) is 16.3.